The van der Waals surface area contributed by atoms with Gasteiger partial charge in [-0.15, -0.1) is 0 Å². The van der Waals surface area contributed by atoms with E-state index in [4.69, 9.17) is 4.74 Å². The molecule has 2 heteroatoms. The van der Waals surface area contributed by atoms with Crippen molar-refractivity contribution in [1.29, 1.82) is 0 Å². The first-order valence-corrected chi connectivity index (χ1v) is 10.4. The number of carbonyl (C=O) groups excluding carboxylic acids is 1. The molecule has 0 bridgehead atoms. The molecule has 1 saturated carbocycles. The van der Waals surface area contributed by atoms with E-state index in [2.05, 4.69) is 31.2 Å². The largest absolute Gasteiger partial charge is 0.465 e. The van der Waals surface area contributed by atoms with Gasteiger partial charge in [-0.1, -0.05) is 63.8 Å². The molecule has 0 spiro atoms. The van der Waals surface area contributed by atoms with Crippen molar-refractivity contribution in [3.05, 3.63) is 35.4 Å². The third-order valence-corrected chi connectivity index (χ3v) is 5.77. The lowest BCUT2D eigenvalue weighted by Gasteiger charge is -2.29. The minimum absolute atomic E-state index is 0.109. The summed E-state index contributed by atoms with van der Waals surface area (Å²) in [5, 5.41) is 0. The number of hydrogen-bond donors (Lipinski definition) is 0. The van der Waals surface area contributed by atoms with Gasteiger partial charge in [0, 0.05) is 0 Å². The monoisotopic (exact) mass is 344 g/mol. The highest BCUT2D eigenvalue weighted by Gasteiger charge is 2.23. The number of rotatable bonds is 9. The van der Waals surface area contributed by atoms with Gasteiger partial charge in [-0.25, -0.2) is 0 Å². The Morgan fingerprint density at radius 2 is 1.72 bits per heavy atom. The Bertz CT molecular complexity index is 497. The lowest BCUT2D eigenvalue weighted by atomic mass is 9.77. The van der Waals surface area contributed by atoms with Gasteiger partial charge in [-0.3, -0.25) is 4.79 Å². The second-order valence-electron chi connectivity index (χ2n) is 7.77. The molecule has 1 aromatic rings. The third-order valence-electron chi connectivity index (χ3n) is 5.77. The predicted molar refractivity (Wildman–Crippen MR) is 105 cm³/mol. The molecule has 0 aromatic heterocycles. The quantitative estimate of drug-likeness (QED) is 0.373. The maximum absolute atomic E-state index is 12.0. The van der Waals surface area contributed by atoms with Crippen molar-refractivity contribution in [3.8, 4) is 0 Å². The number of esters is 1. The summed E-state index contributed by atoms with van der Waals surface area (Å²) < 4.78 is 5.27. The first-order valence-electron chi connectivity index (χ1n) is 10.4. The molecule has 2 nitrogen and oxygen atoms in total. The van der Waals surface area contributed by atoms with E-state index < -0.39 is 0 Å². The van der Waals surface area contributed by atoms with Crippen LogP contribution in [-0.2, 0) is 9.53 Å². The van der Waals surface area contributed by atoms with Gasteiger partial charge >= 0.3 is 5.97 Å². The Kier molecular flexibility index (Phi) is 8.51. The van der Waals surface area contributed by atoms with Crippen LogP contribution in [-0.4, -0.2) is 12.6 Å². The molecule has 0 heterocycles. The standard InChI is InChI=1S/C23H36O2/c1-4-6-7-8-19-9-11-21(12-10-19)22-15-13-20(14-16-22)18(3)23(24)25-17-5-2/h13-16,18-19,21H,4-12,17H2,1-3H3/t18?,19-,21-. The first kappa shape index (κ1) is 20.0. The Balaban J connectivity index is 1.83. The number of hydrogen-bond acceptors (Lipinski definition) is 2. The van der Waals surface area contributed by atoms with Crippen molar-refractivity contribution in [2.45, 2.75) is 90.4 Å². The second kappa shape index (κ2) is 10.6. The summed E-state index contributed by atoms with van der Waals surface area (Å²) >= 11 is 0. The Morgan fingerprint density at radius 1 is 1.04 bits per heavy atom. The molecule has 1 aliphatic carbocycles. The Morgan fingerprint density at radius 3 is 2.32 bits per heavy atom. The van der Waals surface area contributed by atoms with Crippen molar-refractivity contribution < 1.29 is 9.53 Å². The fraction of sp³-hybridized carbons (Fsp3) is 0.696. The van der Waals surface area contributed by atoms with Crippen LogP contribution in [0.3, 0.4) is 0 Å². The summed E-state index contributed by atoms with van der Waals surface area (Å²) in [6, 6.07) is 8.73. The average Bonchev–Trinajstić information content (AvgIpc) is 2.66. The van der Waals surface area contributed by atoms with Crippen molar-refractivity contribution >= 4 is 5.97 Å². The Hall–Kier alpha value is -1.31. The molecule has 1 aliphatic rings. The fourth-order valence-corrected chi connectivity index (χ4v) is 3.99. The summed E-state index contributed by atoms with van der Waals surface area (Å²) in [6.45, 7) is 6.76. The molecule has 0 radical (unpaired) electrons. The molecule has 0 amide bonds. The van der Waals surface area contributed by atoms with Crippen LogP contribution in [0.5, 0.6) is 0 Å². The van der Waals surface area contributed by atoms with Gasteiger partial charge in [0.2, 0.25) is 0 Å². The van der Waals surface area contributed by atoms with Crippen LogP contribution in [0, 0.1) is 5.92 Å². The van der Waals surface area contributed by atoms with Crippen molar-refractivity contribution in [2.75, 3.05) is 6.61 Å². The molecule has 25 heavy (non-hydrogen) atoms. The van der Waals surface area contributed by atoms with Crippen LogP contribution in [0.25, 0.3) is 0 Å². The molecule has 1 aromatic carbocycles. The third kappa shape index (κ3) is 6.17. The summed E-state index contributed by atoms with van der Waals surface area (Å²) in [5.74, 6) is 1.38. The van der Waals surface area contributed by atoms with E-state index in [0.717, 1.165) is 17.9 Å². The highest BCUT2D eigenvalue weighted by atomic mass is 16.5. The molecule has 2 rings (SSSR count). The minimum atomic E-state index is -0.171. The number of unbranched alkanes of at least 4 members (excludes halogenated alkanes) is 2. The lowest BCUT2D eigenvalue weighted by Crippen LogP contribution is -2.15. The smallest absolute Gasteiger partial charge is 0.313 e. The number of benzene rings is 1. The summed E-state index contributed by atoms with van der Waals surface area (Å²) in [5.41, 5.74) is 2.52. The van der Waals surface area contributed by atoms with Gasteiger partial charge in [0.15, 0.2) is 0 Å². The van der Waals surface area contributed by atoms with E-state index in [0.29, 0.717) is 12.5 Å². The topological polar surface area (TPSA) is 26.3 Å². The zero-order valence-electron chi connectivity index (χ0n) is 16.4. The maximum atomic E-state index is 12.0. The fourth-order valence-electron chi connectivity index (χ4n) is 3.99. The SMILES string of the molecule is CCCCC[C@H]1CC[C@H](c2ccc(C(C)C(=O)OCCC)cc2)CC1. The summed E-state index contributed by atoms with van der Waals surface area (Å²) in [4.78, 5) is 12.0. The molecule has 0 saturated heterocycles. The second-order valence-corrected chi connectivity index (χ2v) is 7.77. The maximum Gasteiger partial charge on any atom is 0.313 e. The van der Waals surface area contributed by atoms with Gasteiger partial charge in [-0.05, 0) is 62.0 Å². The van der Waals surface area contributed by atoms with Crippen molar-refractivity contribution in [2.24, 2.45) is 5.92 Å². The van der Waals surface area contributed by atoms with E-state index >= 15 is 0 Å². The molecule has 1 fully saturated rings. The number of ether oxygens (including phenoxy) is 1. The average molecular weight is 345 g/mol. The molecular formula is C23H36O2. The van der Waals surface area contributed by atoms with Crippen LogP contribution in [0.15, 0.2) is 24.3 Å². The molecular weight excluding hydrogens is 308 g/mol. The molecule has 0 N–H and O–H groups in total. The summed E-state index contributed by atoms with van der Waals surface area (Å²) in [7, 11) is 0. The van der Waals surface area contributed by atoms with Crippen molar-refractivity contribution in [3.63, 3.8) is 0 Å². The van der Waals surface area contributed by atoms with Gasteiger partial charge in [0.1, 0.15) is 0 Å². The van der Waals surface area contributed by atoms with Crippen LogP contribution in [0.2, 0.25) is 0 Å². The molecule has 1 unspecified atom stereocenters. The zero-order chi connectivity index (χ0) is 18.1. The lowest BCUT2D eigenvalue weighted by molar-refractivity contribution is -0.145. The zero-order valence-corrected chi connectivity index (χ0v) is 16.4. The van der Waals surface area contributed by atoms with Crippen LogP contribution in [0.4, 0.5) is 0 Å². The van der Waals surface area contributed by atoms with Gasteiger partial charge in [-0.2, -0.15) is 0 Å². The molecule has 0 aliphatic heterocycles. The van der Waals surface area contributed by atoms with Crippen LogP contribution in [0.1, 0.15) is 102 Å². The summed E-state index contributed by atoms with van der Waals surface area (Å²) in [6.07, 6.45) is 11.8. The van der Waals surface area contributed by atoms with E-state index in [1.54, 1.807) is 0 Å². The van der Waals surface area contributed by atoms with Gasteiger partial charge in [0.25, 0.3) is 0 Å². The molecule has 1 atom stereocenters. The normalized spacial score (nSPS) is 21.7. The first-order chi connectivity index (χ1) is 12.2. The van der Waals surface area contributed by atoms with Gasteiger partial charge < -0.3 is 4.74 Å². The van der Waals surface area contributed by atoms with E-state index in [9.17, 15) is 4.79 Å². The van der Waals surface area contributed by atoms with E-state index in [-0.39, 0.29) is 11.9 Å². The van der Waals surface area contributed by atoms with Crippen LogP contribution >= 0.6 is 0 Å². The molecule has 140 valence electrons. The predicted octanol–water partition coefficient (Wildman–Crippen LogP) is 6.60. The number of carbonyl (C=O) groups is 1. The van der Waals surface area contributed by atoms with Crippen molar-refractivity contribution in [1.82, 2.24) is 0 Å². The highest BCUT2D eigenvalue weighted by molar-refractivity contribution is 5.77. The van der Waals surface area contributed by atoms with E-state index in [1.807, 2.05) is 13.8 Å². The highest BCUT2D eigenvalue weighted by Crippen LogP contribution is 2.38. The Labute approximate surface area is 154 Å². The van der Waals surface area contributed by atoms with Gasteiger partial charge in [0.05, 0.1) is 12.5 Å². The van der Waals surface area contributed by atoms with Crippen LogP contribution < -0.4 is 0 Å². The van der Waals surface area contributed by atoms with E-state index in [1.165, 1.54) is 56.9 Å². The minimum Gasteiger partial charge on any atom is -0.465 e.